The molecule has 5 nitrogen and oxygen atoms in total. The minimum Gasteiger partial charge on any atom is -0.494 e. The van der Waals surface area contributed by atoms with Gasteiger partial charge in [0.25, 0.3) is 0 Å². The standard InChI is InChI=1S/C14H15N3O2S/c1-18-7-6-16-14-17-13-9-4-3-5-15-12(9)10(19-2)8-11(13)20-14/h3-5,8H,6-7H2,1-2H3,(H,16,17). The third kappa shape index (κ3) is 2.28. The van der Waals surface area contributed by atoms with Crippen LogP contribution in [0.2, 0.25) is 0 Å². The molecule has 0 bridgehead atoms. The number of fused-ring (bicyclic) bond motifs is 3. The number of benzene rings is 1. The summed E-state index contributed by atoms with van der Waals surface area (Å²) in [6.07, 6.45) is 1.76. The third-order valence-corrected chi connectivity index (χ3v) is 3.97. The fourth-order valence-corrected chi connectivity index (χ4v) is 3.03. The van der Waals surface area contributed by atoms with Gasteiger partial charge in [0.15, 0.2) is 5.13 Å². The Morgan fingerprint density at radius 3 is 3.00 bits per heavy atom. The molecule has 2 heterocycles. The van der Waals surface area contributed by atoms with Crippen LogP contribution in [0.15, 0.2) is 24.4 Å². The maximum Gasteiger partial charge on any atom is 0.183 e. The number of hydrogen-bond acceptors (Lipinski definition) is 6. The molecule has 0 unspecified atom stereocenters. The van der Waals surface area contributed by atoms with E-state index in [1.807, 2.05) is 18.2 Å². The summed E-state index contributed by atoms with van der Waals surface area (Å²) < 4.78 is 11.5. The molecule has 1 N–H and O–H groups in total. The van der Waals surface area contributed by atoms with Gasteiger partial charge in [-0.15, -0.1) is 0 Å². The summed E-state index contributed by atoms with van der Waals surface area (Å²) in [5.41, 5.74) is 1.80. The van der Waals surface area contributed by atoms with Crippen LogP contribution >= 0.6 is 11.3 Å². The minimum absolute atomic E-state index is 0.654. The Bertz CT molecular complexity index is 742. The third-order valence-electron chi connectivity index (χ3n) is 3.01. The molecule has 1 aromatic carbocycles. The molecule has 0 spiro atoms. The van der Waals surface area contributed by atoms with E-state index in [-0.39, 0.29) is 0 Å². The van der Waals surface area contributed by atoms with Gasteiger partial charge < -0.3 is 14.8 Å². The summed E-state index contributed by atoms with van der Waals surface area (Å²) in [4.78, 5) is 9.03. The SMILES string of the molecule is COCCNc1nc2c(cc(OC)c3ncccc32)s1. The van der Waals surface area contributed by atoms with Gasteiger partial charge in [0, 0.05) is 31.3 Å². The van der Waals surface area contributed by atoms with E-state index in [0.29, 0.717) is 6.61 Å². The molecule has 0 aliphatic carbocycles. The van der Waals surface area contributed by atoms with Crippen molar-refractivity contribution in [2.45, 2.75) is 0 Å². The lowest BCUT2D eigenvalue weighted by Crippen LogP contribution is -2.06. The van der Waals surface area contributed by atoms with E-state index in [9.17, 15) is 0 Å². The minimum atomic E-state index is 0.654. The Morgan fingerprint density at radius 2 is 2.20 bits per heavy atom. The lowest BCUT2D eigenvalue weighted by atomic mass is 10.2. The van der Waals surface area contributed by atoms with Crippen molar-refractivity contribution in [3.05, 3.63) is 24.4 Å². The van der Waals surface area contributed by atoms with Crippen LogP contribution < -0.4 is 10.1 Å². The molecule has 0 saturated carbocycles. The highest BCUT2D eigenvalue weighted by Crippen LogP contribution is 2.36. The summed E-state index contributed by atoms with van der Waals surface area (Å²) in [7, 11) is 3.35. The smallest absolute Gasteiger partial charge is 0.183 e. The van der Waals surface area contributed by atoms with Gasteiger partial charge in [-0.3, -0.25) is 4.98 Å². The predicted octanol–water partition coefficient (Wildman–Crippen LogP) is 2.91. The molecule has 0 radical (unpaired) electrons. The van der Waals surface area contributed by atoms with Gasteiger partial charge in [0.2, 0.25) is 0 Å². The maximum atomic E-state index is 5.42. The number of ether oxygens (including phenoxy) is 2. The van der Waals surface area contributed by atoms with E-state index in [0.717, 1.165) is 38.5 Å². The van der Waals surface area contributed by atoms with Crippen LogP contribution in [0.4, 0.5) is 5.13 Å². The highest BCUT2D eigenvalue weighted by molar-refractivity contribution is 7.22. The molecule has 0 amide bonds. The van der Waals surface area contributed by atoms with E-state index in [1.54, 1.807) is 31.8 Å². The van der Waals surface area contributed by atoms with E-state index < -0.39 is 0 Å². The maximum absolute atomic E-state index is 5.42. The zero-order valence-corrected chi connectivity index (χ0v) is 12.2. The quantitative estimate of drug-likeness (QED) is 0.732. The van der Waals surface area contributed by atoms with Crippen LogP contribution in [0.1, 0.15) is 0 Å². The number of hydrogen-bond donors (Lipinski definition) is 1. The summed E-state index contributed by atoms with van der Waals surface area (Å²) >= 11 is 1.61. The summed E-state index contributed by atoms with van der Waals surface area (Å²) in [6.45, 7) is 1.39. The van der Waals surface area contributed by atoms with Gasteiger partial charge in [-0.2, -0.15) is 0 Å². The second-order valence-electron chi connectivity index (χ2n) is 4.26. The average molecular weight is 289 g/mol. The highest BCUT2D eigenvalue weighted by atomic mass is 32.1. The Morgan fingerprint density at radius 1 is 1.30 bits per heavy atom. The van der Waals surface area contributed by atoms with Crippen LogP contribution in [-0.2, 0) is 4.74 Å². The van der Waals surface area contributed by atoms with E-state index in [4.69, 9.17) is 9.47 Å². The number of rotatable bonds is 5. The first kappa shape index (κ1) is 13.1. The van der Waals surface area contributed by atoms with Crippen molar-refractivity contribution in [1.82, 2.24) is 9.97 Å². The molecule has 0 saturated heterocycles. The van der Waals surface area contributed by atoms with E-state index in [2.05, 4.69) is 15.3 Å². The molecular formula is C14H15N3O2S. The van der Waals surface area contributed by atoms with Gasteiger partial charge in [0.05, 0.1) is 23.9 Å². The highest BCUT2D eigenvalue weighted by Gasteiger charge is 2.12. The number of pyridine rings is 1. The average Bonchev–Trinajstić information content (AvgIpc) is 2.89. The van der Waals surface area contributed by atoms with Crippen molar-refractivity contribution in [2.24, 2.45) is 0 Å². The Labute approximate surface area is 120 Å². The molecule has 0 fully saturated rings. The molecule has 3 aromatic rings. The van der Waals surface area contributed by atoms with Crippen LogP contribution in [0.25, 0.3) is 21.1 Å². The van der Waals surface area contributed by atoms with Crippen LogP contribution in [0.5, 0.6) is 5.75 Å². The Balaban J connectivity index is 2.10. The number of nitrogens with zero attached hydrogens (tertiary/aromatic N) is 2. The Kier molecular flexibility index (Phi) is 3.66. The van der Waals surface area contributed by atoms with Crippen molar-refractivity contribution in [3.63, 3.8) is 0 Å². The zero-order chi connectivity index (χ0) is 13.9. The van der Waals surface area contributed by atoms with E-state index >= 15 is 0 Å². The predicted molar refractivity (Wildman–Crippen MR) is 81.8 cm³/mol. The molecule has 6 heteroatoms. The van der Waals surface area contributed by atoms with Crippen molar-refractivity contribution < 1.29 is 9.47 Å². The molecule has 3 rings (SSSR count). The van der Waals surface area contributed by atoms with Gasteiger partial charge in [-0.05, 0) is 12.1 Å². The second kappa shape index (κ2) is 5.60. The molecular weight excluding hydrogens is 274 g/mol. The second-order valence-corrected chi connectivity index (χ2v) is 5.29. The van der Waals surface area contributed by atoms with Crippen molar-refractivity contribution in [2.75, 3.05) is 32.7 Å². The van der Waals surface area contributed by atoms with Crippen LogP contribution in [0.3, 0.4) is 0 Å². The van der Waals surface area contributed by atoms with Gasteiger partial charge in [0.1, 0.15) is 11.3 Å². The first-order chi connectivity index (χ1) is 9.83. The molecule has 0 aliphatic heterocycles. The summed E-state index contributed by atoms with van der Waals surface area (Å²) in [6, 6.07) is 5.92. The number of methoxy groups -OCH3 is 2. The van der Waals surface area contributed by atoms with Crippen molar-refractivity contribution in [1.29, 1.82) is 0 Å². The summed E-state index contributed by atoms with van der Waals surface area (Å²) in [5, 5.41) is 5.15. The first-order valence-corrected chi connectivity index (χ1v) is 7.10. The largest absolute Gasteiger partial charge is 0.494 e. The topological polar surface area (TPSA) is 56.3 Å². The van der Waals surface area contributed by atoms with E-state index in [1.165, 1.54) is 0 Å². The van der Waals surface area contributed by atoms with Gasteiger partial charge in [-0.25, -0.2) is 4.98 Å². The molecule has 104 valence electrons. The fraction of sp³-hybridized carbons (Fsp3) is 0.286. The normalized spacial score (nSPS) is 11.1. The number of thiazole rings is 1. The van der Waals surface area contributed by atoms with Gasteiger partial charge >= 0.3 is 0 Å². The monoisotopic (exact) mass is 289 g/mol. The van der Waals surface area contributed by atoms with Crippen LogP contribution in [-0.4, -0.2) is 37.3 Å². The summed E-state index contributed by atoms with van der Waals surface area (Å²) in [5.74, 6) is 0.778. The zero-order valence-electron chi connectivity index (χ0n) is 11.3. The number of aromatic nitrogens is 2. The molecule has 2 aromatic heterocycles. The van der Waals surface area contributed by atoms with Crippen molar-refractivity contribution in [3.8, 4) is 5.75 Å². The number of nitrogens with one attached hydrogen (secondary N) is 1. The number of anilines is 1. The molecule has 0 aliphatic rings. The molecule has 20 heavy (non-hydrogen) atoms. The van der Waals surface area contributed by atoms with Gasteiger partial charge in [-0.1, -0.05) is 11.3 Å². The molecule has 0 atom stereocenters. The fourth-order valence-electron chi connectivity index (χ4n) is 2.09. The first-order valence-electron chi connectivity index (χ1n) is 6.28. The Hall–Kier alpha value is -1.92. The lowest BCUT2D eigenvalue weighted by Gasteiger charge is -2.04. The lowest BCUT2D eigenvalue weighted by molar-refractivity contribution is 0.211. The van der Waals surface area contributed by atoms with Crippen LogP contribution in [0, 0.1) is 0 Å². The van der Waals surface area contributed by atoms with Crippen molar-refractivity contribution >= 4 is 37.6 Å².